The Balaban J connectivity index is 2.55. The van der Waals surface area contributed by atoms with Crippen molar-refractivity contribution in [2.24, 2.45) is 5.73 Å². The van der Waals surface area contributed by atoms with Gasteiger partial charge in [-0.3, -0.25) is 0 Å². The summed E-state index contributed by atoms with van der Waals surface area (Å²) in [6, 6.07) is 5.62. The van der Waals surface area contributed by atoms with Crippen molar-refractivity contribution in [3.05, 3.63) is 23.8 Å². The molecule has 20 heavy (non-hydrogen) atoms. The van der Waals surface area contributed by atoms with Gasteiger partial charge in [0.2, 0.25) is 0 Å². The van der Waals surface area contributed by atoms with E-state index in [0.29, 0.717) is 30.8 Å². The third-order valence-corrected chi connectivity index (χ3v) is 4.07. The molecular weight excluding hydrogens is 278 g/mol. The van der Waals surface area contributed by atoms with E-state index in [4.69, 9.17) is 15.2 Å². The molecule has 0 saturated heterocycles. The van der Waals surface area contributed by atoms with Crippen LogP contribution in [0.15, 0.2) is 18.2 Å². The Labute approximate surface area is 121 Å². The lowest BCUT2D eigenvalue weighted by atomic mass is 10.0. The highest BCUT2D eigenvalue weighted by molar-refractivity contribution is 7.90. The number of benzene rings is 1. The first-order valence-electron chi connectivity index (χ1n) is 6.50. The van der Waals surface area contributed by atoms with E-state index in [2.05, 4.69) is 0 Å². The maximum absolute atomic E-state index is 11.1. The van der Waals surface area contributed by atoms with Crippen molar-refractivity contribution in [3.63, 3.8) is 0 Å². The largest absolute Gasteiger partial charge is 0.493 e. The standard InChI is InChI=1S/C14H23NO4S/c1-18-13-7-6-11(10-14(13)19-2)9-12(15)5-4-8-20(3,16)17/h6-7,10,12H,4-5,8-9,15H2,1-3H3. The maximum Gasteiger partial charge on any atom is 0.160 e. The van der Waals surface area contributed by atoms with Gasteiger partial charge in [0, 0.05) is 18.1 Å². The van der Waals surface area contributed by atoms with Crippen molar-refractivity contribution >= 4 is 9.84 Å². The van der Waals surface area contributed by atoms with Crippen LogP contribution in [0.5, 0.6) is 11.5 Å². The molecule has 0 aromatic heterocycles. The first-order chi connectivity index (χ1) is 9.35. The fraction of sp³-hybridized carbons (Fsp3) is 0.571. The highest BCUT2D eigenvalue weighted by Crippen LogP contribution is 2.28. The molecule has 0 spiro atoms. The molecule has 1 atom stereocenters. The molecule has 1 aromatic rings. The lowest BCUT2D eigenvalue weighted by Gasteiger charge is -2.13. The van der Waals surface area contributed by atoms with E-state index in [1.165, 1.54) is 6.26 Å². The van der Waals surface area contributed by atoms with Gasteiger partial charge in [-0.1, -0.05) is 6.07 Å². The van der Waals surface area contributed by atoms with Gasteiger partial charge in [0.25, 0.3) is 0 Å². The highest BCUT2D eigenvalue weighted by atomic mass is 32.2. The van der Waals surface area contributed by atoms with Crippen molar-refractivity contribution in [3.8, 4) is 11.5 Å². The highest BCUT2D eigenvalue weighted by Gasteiger charge is 2.10. The molecule has 0 bridgehead atoms. The molecule has 0 aliphatic rings. The van der Waals surface area contributed by atoms with Crippen molar-refractivity contribution in [2.75, 3.05) is 26.2 Å². The Bertz CT molecular complexity index is 528. The Morgan fingerprint density at radius 1 is 1.20 bits per heavy atom. The van der Waals surface area contributed by atoms with Crippen LogP contribution in [0.25, 0.3) is 0 Å². The predicted molar refractivity (Wildman–Crippen MR) is 80.2 cm³/mol. The van der Waals surface area contributed by atoms with Crippen LogP contribution in [0.1, 0.15) is 18.4 Å². The summed E-state index contributed by atoms with van der Waals surface area (Å²) in [5.41, 5.74) is 7.08. The number of nitrogens with two attached hydrogens (primary N) is 1. The topological polar surface area (TPSA) is 78.6 Å². The zero-order valence-electron chi connectivity index (χ0n) is 12.3. The molecule has 1 aromatic carbocycles. The van der Waals surface area contributed by atoms with E-state index >= 15 is 0 Å². The fourth-order valence-corrected chi connectivity index (χ4v) is 2.71. The number of sulfone groups is 1. The van der Waals surface area contributed by atoms with Gasteiger partial charge in [0.1, 0.15) is 9.84 Å². The molecule has 0 heterocycles. The molecule has 2 N–H and O–H groups in total. The average molecular weight is 301 g/mol. The number of rotatable bonds is 8. The molecule has 0 amide bonds. The van der Waals surface area contributed by atoms with E-state index < -0.39 is 9.84 Å². The van der Waals surface area contributed by atoms with Crippen LogP contribution in [0.2, 0.25) is 0 Å². The lowest BCUT2D eigenvalue weighted by Crippen LogP contribution is -2.23. The van der Waals surface area contributed by atoms with Gasteiger partial charge in [-0.05, 0) is 37.0 Å². The van der Waals surface area contributed by atoms with Crippen LogP contribution >= 0.6 is 0 Å². The van der Waals surface area contributed by atoms with Crippen LogP contribution in [-0.4, -0.2) is 40.7 Å². The smallest absolute Gasteiger partial charge is 0.160 e. The molecule has 0 saturated carbocycles. The minimum absolute atomic E-state index is 0.0603. The van der Waals surface area contributed by atoms with E-state index in [1.807, 2.05) is 18.2 Å². The second kappa shape index (κ2) is 7.50. The van der Waals surface area contributed by atoms with Gasteiger partial charge < -0.3 is 15.2 Å². The van der Waals surface area contributed by atoms with Crippen LogP contribution in [-0.2, 0) is 16.3 Å². The van der Waals surface area contributed by atoms with E-state index in [1.54, 1.807) is 14.2 Å². The number of hydrogen-bond donors (Lipinski definition) is 1. The van der Waals surface area contributed by atoms with Crippen molar-refractivity contribution in [1.82, 2.24) is 0 Å². The average Bonchev–Trinajstić information content (AvgIpc) is 2.37. The zero-order chi connectivity index (χ0) is 15.2. The summed E-state index contributed by atoms with van der Waals surface area (Å²) < 4.78 is 32.5. The van der Waals surface area contributed by atoms with E-state index in [9.17, 15) is 8.42 Å². The van der Waals surface area contributed by atoms with Gasteiger partial charge in [0.15, 0.2) is 11.5 Å². The number of ether oxygens (including phenoxy) is 2. The monoisotopic (exact) mass is 301 g/mol. The van der Waals surface area contributed by atoms with Gasteiger partial charge in [-0.15, -0.1) is 0 Å². The van der Waals surface area contributed by atoms with Crippen LogP contribution in [0, 0.1) is 0 Å². The third kappa shape index (κ3) is 5.79. The molecule has 6 heteroatoms. The molecular formula is C14H23NO4S. The molecule has 5 nitrogen and oxygen atoms in total. The normalized spacial score (nSPS) is 13.0. The third-order valence-electron chi connectivity index (χ3n) is 3.04. The molecule has 0 fully saturated rings. The SMILES string of the molecule is COc1ccc(CC(N)CCCS(C)(=O)=O)cc1OC. The number of methoxy groups -OCH3 is 2. The first kappa shape index (κ1) is 16.8. The summed E-state index contributed by atoms with van der Waals surface area (Å²) >= 11 is 0. The Morgan fingerprint density at radius 3 is 2.40 bits per heavy atom. The van der Waals surface area contributed by atoms with Gasteiger partial charge in [-0.2, -0.15) is 0 Å². The summed E-state index contributed by atoms with van der Waals surface area (Å²) in [5.74, 6) is 1.54. The first-order valence-corrected chi connectivity index (χ1v) is 8.56. The second-order valence-corrected chi connectivity index (χ2v) is 7.19. The molecule has 0 radical (unpaired) electrons. The Morgan fingerprint density at radius 2 is 1.85 bits per heavy atom. The maximum atomic E-state index is 11.1. The molecule has 1 unspecified atom stereocenters. The van der Waals surface area contributed by atoms with Crippen molar-refractivity contribution in [2.45, 2.75) is 25.3 Å². The van der Waals surface area contributed by atoms with Crippen LogP contribution in [0.3, 0.4) is 0 Å². The van der Waals surface area contributed by atoms with Crippen LogP contribution in [0.4, 0.5) is 0 Å². The number of hydrogen-bond acceptors (Lipinski definition) is 5. The fourth-order valence-electron chi connectivity index (χ4n) is 2.02. The lowest BCUT2D eigenvalue weighted by molar-refractivity contribution is 0.354. The molecule has 0 aliphatic heterocycles. The van der Waals surface area contributed by atoms with Crippen LogP contribution < -0.4 is 15.2 Å². The molecule has 114 valence electrons. The summed E-state index contributed by atoms with van der Waals surface area (Å²) in [7, 11) is 0.278. The summed E-state index contributed by atoms with van der Waals surface area (Å²) in [5, 5.41) is 0. The van der Waals surface area contributed by atoms with E-state index in [-0.39, 0.29) is 11.8 Å². The second-order valence-electron chi connectivity index (χ2n) is 4.93. The van der Waals surface area contributed by atoms with Gasteiger partial charge >= 0.3 is 0 Å². The quantitative estimate of drug-likeness (QED) is 0.785. The van der Waals surface area contributed by atoms with Gasteiger partial charge in [-0.25, -0.2) is 8.42 Å². The zero-order valence-corrected chi connectivity index (χ0v) is 13.1. The minimum Gasteiger partial charge on any atom is -0.493 e. The van der Waals surface area contributed by atoms with E-state index in [0.717, 1.165) is 5.56 Å². The minimum atomic E-state index is -2.90. The predicted octanol–water partition coefficient (Wildman–Crippen LogP) is 1.40. The molecule has 0 aliphatic carbocycles. The summed E-state index contributed by atoms with van der Waals surface area (Å²) in [4.78, 5) is 0. The Kier molecular flexibility index (Phi) is 6.29. The summed E-state index contributed by atoms with van der Waals surface area (Å²) in [6.07, 6.45) is 3.20. The van der Waals surface area contributed by atoms with Crippen molar-refractivity contribution < 1.29 is 17.9 Å². The Hall–Kier alpha value is -1.27. The molecule has 1 rings (SSSR count). The van der Waals surface area contributed by atoms with Crippen molar-refractivity contribution in [1.29, 1.82) is 0 Å². The van der Waals surface area contributed by atoms with Gasteiger partial charge in [0.05, 0.1) is 14.2 Å². The summed E-state index contributed by atoms with van der Waals surface area (Å²) in [6.45, 7) is 0.